The molecule has 0 amide bonds. The molecule has 0 saturated heterocycles. The molecule has 0 aliphatic rings. The third-order valence-electron chi connectivity index (χ3n) is 2.31. The summed E-state index contributed by atoms with van der Waals surface area (Å²) in [6, 6.07) is 6.24. The number of carbonyl (C=O) groups is 1. The summed E-state index contributed by atoms with van der Waals surface area (Å²) in [5.41, 5.74) is 6.30. The van der Waals surface area contributed by atoms with Gasteiger partial charge in [-0.1, -0.05) is 17.7 Å². The first kappa shape index (κ1) is 15.6. The number of benzene rings is 1. The van der Waals surface area contributed by atoms with Crippen molar-refractivity contribution in [2.45, 2.75) is 24.8 Å². The van der Waals surface area contributed by atoms with Crippen molar-refractivity contribution in [2.75, 3.05) is 13.2 Å². The van der Waals surface area contributed by atoms with E-state index in [4.69, 9.17) is 14.7 Å². The lowest BCUT2D eigenvalue weighted by atomic mass is 10.2. The zero-order valence-corrected chi connectivity index (χ0v) is 11.6. The zero-order valence-electron chi connectivity index (χ0n) is 10.8. The average Bonchev–Trinajstić information content (AvgIpc) is 2.34. The van der Waals surface area contributed by atoms with Crippen LogP contribution in [0.3, 0.4) is 0 Å². The number of hydrogen-bond donors (Lipinski definition) is 1. The molecule has 0 radical (unpaired) electrons. The lowest BCUT2D eigenvalue weighted by Gasteiger charge is -2.14. The molecule has 1 aromatic carbocycles. The Hall–Kier alpha value is -1.44. The first-order valence-electron chi connectivity index (χ1n) is 5.68. The van der Waals surface area contributed by atoms with Crippen LogP contribution < -0.4 is 5.73 Å². The molecule has 0 aromatic heterocycles. The summed E-state index contributed by atoms with van der Waals surface area (Å²) < 4.78 is 33.3. The van der Waals surface area contributed by atoms with Crippen molar-refractivity contribution < 1.29 is 22.1 Å². The highest BCUT2D eigenvalue weighted by Crippen LogP contribution is 2.13. The van der Waals surface area contributed by atoms with Crippen LogP contribution in [0.1, 0.15) is 12.5 Å². The standard InChI is InChI=1S/C12H17NO5S/c1-9-3-5-12(6-4-9)19(15,16)17-8-11(7-13)18-10(2)14/h3-6,11H,7-8,13H2,1-2H3. The van der Waals surface area contributed by atoms with Gasteiger partial charge in [-0.05, 0) is 19.1 Å². The van der Waals surface area contributed by atoms with Crippen LogP contribution in [0.4, 0.5) is 0 Å². The van der Waals surface area contributed by atoms with E-state index in [9.17, 15) is 13.2 Å². The van der Waals surface area contributed by atoms with Crippen molar-refractivity contribution in [3.05, 3.63) is 29.8 Å². The minimum Gasteiger partial charge on any atom is -0.459 e. The molecule has 0 spiro atoms. The van der Waals surface area contributed by atoms with Gasteiger partial charge in [-0.3, -0.25) is 8.98 Å². The molecular formula is C12H17NO5S. The van der Waals surface area contributed by atoms with Crippen molar-refractivity contribution >= 4 is 16.1 Å². The third-order valence-corrected chi connectivity index (χ3v) is 3.61. The van der Waals surface area contributed by atoms with Crippen LogP contribution in [-0.2, 0) is 23.8 Å². The van der Waals surface area contributed by atoms with Crippen molar-refractivity contribution in [1.82, 2.24) is 0 Å². The highest BCUT2D eigenvalue weighted by atomic mass is 32.2. The minimum absolute atomic E-state index is 0.0109. The van der Waals surface area contributed by atoms with Crippen molar-refractivity contribution in [1.29, 1.82) is 0 Å². The highest BCUT2D eigenvalue weighted by Gasteiger charge is 2.19. The summed E-state index contributed by atoms with van der Waals surface area (Å²) in [5, 5.41) is 0. The van der Waals surface area contributed by atoms with Gasteiger partial charge in [-0.2, -0.15) is 8.42 Å². The molecule has 1 atom stereocenters. The number of esters is 1. The van der Waals surface area contributed by atoms with E-state index in [-0.39, 0.29) is 18.0 Å². The fourth-order valence-electron chi connectivity index (χ4n) is 1.32. The molecule has 0 bridgehead atoms. The molecule has 1 unspecified atom stereocenters. The van der Waals surface area contributed by atoms with E-state index in [1.807, 2.05) is 6.92 Å². The number of ether oxygens (including phenoxy) is 1. The molecule has 0 aliphatic carbocycles. The molecular weight excluding hydrogens is 270 g/mol. The van der Waals surface area contributed by atoms with Crippen molar-refractivity contribution in [3.63, 3.8) is 0 Å². The Balaban J connectivity index is 2.69. The van der Waals surface area contributed by atoms with Gasteiger partial charge in [0.25, 0.3) is 10.1 Å². The normalized spacial score (nSPS) is 13.0. The Kier molecular flexibility index (Phi) is 5.46. The van der Waals surface area contributed by atoms with E-state index in [0.717, 1.165) is 5.56 Å². The Morgan fingerprint density at radius 2 is 1.89 bits per heavy atom. The van der Waals surface area contributed by atoms with E-state index in [1.54, 1.807) is 12.1 Å². The van der Waals surface area contributed by atoms with E-state index >= 15 is 0 Å². The second kappa shape index (κ2) is 6.65. The highest BCUT2D eigenvalue weighted by molar-refractivity contribution is 7.86. The Bertz CT molecular complexity index is 524. The Morgan fingerprint density at radius 3 is 2.37 bits per heavy atom. The quantitative estimate of drug-likeness (QED) is 0.607. The predicted molar refractivity (Wildman–Crippen MR) is 68.9 cm³/mol. The van der Waals surface area contributed by atoms with Crippen LogP contribution in [0, 0.1) is 6.92 Å². The number of nitrogens with two attached hydrogens (primary N) is 1. The lowest BCUT2D eigenvalue weighted by molar-refractivity contribution is -0.147. The largest absolute Gasteiger partial charge is 0.459 e. The minimum atomic E-state index is -3.86. The SMILES string of the molecule is CC(=O)OC(CN)COS(=O)(=O)c1ccc(C)cc1. The number of hydrogen-bond acceptors (Lipinski definition) is 6. The molecule has 19 heavy (non-hydrogen) atoms. The molecule has 7 heteroatoms. The predicted octanol–water partition coefficient (Wildman–Crippen LogP) is 0.591. The fourth-order valence-corrected chi connectivity index (χ4v) is 2.26. The maximum atomic E-state index is 11.8. The first-order chi connectivity index (χ1) is 8.85. The van der Waals surface area contributed by atoms with Gasteiger partial charge in [0.15, 0.2) is 0 Å². The second-order valence-electron chi connectivity index (χ2n) is 4.02. The van der Waals surface area contributed by atoms with Gasteiger partial charge < -0.3 is 10.5 Å². The monoisotopic (exact) mass is 287 g/mol. The van der Waals surface area contributed by atoms with E-state index in [0.29, 0.717) is 0 Å². The summed E-state index contributed by atoms with van der Waals surface area (Å²) in [5.74, 6) is -0.535. The maximum Gasteiger partial charge on any atom is 0.303 e. The molecule has 0 aliphatic heterocycles. The maximum absolute atomic E-state index is 11.8. The smallest absolute Gasteiger partial charge is 0.303 e. The molecule has 1 rings (SSSR count). The Labute approximate surface area is 112 Å². The van der Waals surface area contributed by atoms with Crippen LogP contribution in [0.5, 0.6) is 0 Å². The van der Waals surface area contributed by atoms with Crippen LogP contribution >= 0.6 is 0 Å². The molecule has 1 aromatic rings. The van der Waals surface area contributed by atoms with E-state index < -0.39 is 22.2 Å². The third kappa shape index (κ3) is 4.98. The summed E-state index contributed by atoms with van der Waals surface area (Å²) in [7, 11) is -3.86. The topological polar surface area (TPSA) is 95.7 Å². The van der Waals surface area contributed by atoms with Crippen molar-refractivity contribution in [2.24, 2.45) is 5.73 Å². The number of carbonyl (C=O) groups excluding carboxylic acids is 1. The molecule has 0 saturated carbocycles. The first-order valence-corrected chi connectivity index (χ1v) is 7.09. The van der Waals surface area contributed by atoms with E-state index in [1.165, 1.54) is 19.1 Å². The number of aryl methyl sites for hydroxylation is 1. The van der Waals surface area contributed by atoms with Crippen LogP contribution in [-0.4, -0.2) is 33.6 Å². The molecule has 2 N–H and O–H groups in total. The second-order valence-corrected chi connectivity index (χ2v) is 5.63. The van der Waals surface area contributed by atoms with Crippen molar-refractivity contribution in [3.8, 4) is 0 Å². The average molecular weight is 287 g/mol. The molecule has 0 fully saturated rings. The lowest BCUT2D eigenvalue weighted by Crippen LogP contribution is -2.31. The van der Waals surface area contributed by atoms with Gasteiger partial charge in [0.1, 0.15) is 12.7 Å². The van der Waals surface area contributed by atoms with Gasteiger partial charge in [0, 0.05) is 13.5 Å². The summed E-state index contributed by atoms with van der Waals surface area (Å²) in [6.45, 7) is 2.76. The summed E-state index contributed by atoms with van der Waals surface area (Å²) >= 11 is 0. The fraction of sp³-hybridized carbons (Fsp3) is 0.417. The van der Waals surface area contributed by atoms with Gasteiger partial charge >= 0.3 is 5.97 Å². The summed E-state index contributed by atoms with van der Waals surface area (Å²) in [6.07, 6.45) is -0.780. The molecule has 106 valence electrons. The van der Waals surface area contributed by atoms with Crippen LogP contribution in [0.15, 0.2) is 29.2 Å². The van der Waals surface area contributed by atoms with E-state index in [2.05, 4.69) is 0 Å². The zero-order chi connectivity index (χ0) is 14.5. The molecule has 0 heterocycles. The van der Waals surface area contributed by atoms with Crippen LogP contribution in [0.2, 0.25) is 0 Å². The van der Waals surface area contributed by atoms with Gasteiger partial charge in [0.2, 0.25) is 0 Å². The van der Waals surface area contributed by atoms with Gasteiger partial charge in [0.05, 0.1) is 4.90 Å². The summed E-state index contributed by atoms with van der Waals surface area (Å²) in [4.78, 5) is 10.8. The van der Waals surface area contributed by atoms with Gasteiger partial charge in [-0.15, -0.1) is 0 Å². The molecule has 6 nitrogen and oxygen atoms in total. The number of rotatable bonds is 6. The Morgan fingerprint density at radius 1 is 1.32 bits per heavy atom. The van der Waals surface area contributed by atoms with Crippen LogP contribution in [0.25, 0.3) is 0 Å². The van der Waals surface area contributed by atoms with Gasteiger partial charge in [-0.25, -0.2) is 0 Å².